The Kier molecular flexibility index (Phi) is 5.46. The summed E-state index contributed by atoms with van der Waals surface area (Å²) in [6.45, 7) is 3.83. The number of hydrogen-bond acceptors (Lipinski definition) is 4. The molecule has 1 aliphatic carbocycles. The van der Waals surface area contributed by atoms with Gasteiger partial charge in [-0.1, -0.05) is 48.3 Å². The topological polar surface area (TPSA) is 83.8 Å². The maximum Gasteiger partial charge on any atom is 0.141 e. The van der Waals surface area contributed by atoms with Crippen LogP contribution in [0.2, 0.25) is 0 Å². The molecule has 2 aromatic heterocycles. The highest BCUT2D eigenvalue weighted by Gasteiger charge is 2.22. The number of aromatic amines is 1. The van der Waals surface area contributed by atoms with Gasteiger partial charge >= 0.3 is 0 Å². The number of fused-ring (bicyclic) bond motifs is 1. The fourth-order valence-electron chi connectivity index (χ4n) is 4.45. The van der Waals surface area contributed by atoms with Crippen LogP contribution in [0.25, 0.3) is 22.2 Å². The molecule has 0 amide bonds. The van der Waals surface area contributed by atoms with Crippen molar-refractivity contribution in [2.24, 2.45) is 0 Å². The van der Waals surface area contributed by atoms with Gasteiger partial charge in [0.05, 0.1) is 16.1 Å². The van der Waals surface area contributed by atoms with Crippen molar-refractivity contribution in [2.75, 3.05) is 0 Å². The van der Waals surface area contributed by atoms with E-state index >= 15 is 0 Å². The number of benzene rings is 2. The van der Waals surface area contributed by atoms with Crippen LogP contribution < -0.4 is 4.72 Å². The maximum absolute atomic E-state index is 13.4. The molecule has 1 unspecified atom stereocenters. The smallest absolute Gasteiger partial charge is 0.141 e. The van der Waals surface area contributed by atoms with Crippen LogP contribution in [0.4, 0.5) is 0 Å². The molecule has 6 nitrogen and oxygen atoms in total. The Bertz CT molecular complexity index is 1220. The van der Waals surface area contributed by atoms with Crippen molar-refractivity contribution in [2.45, 2.75) is 56.9 Å². The molecule has 1 saturated carbocycles. The van der Waals surface area contributed by atoms with Gasteiger partial charge in [0.15, 0.2) is 0 Å². The summed E-state index contributed by atoms with van der Waals surface area (Å²) in [5.41, 5.74) is 5.52. The third-order valence-electron chi connectivity index (χ3n) is 5.97. The van der Waals surface area contributed by atoms with Crippen molar-refractivity contribution < 1.29 is 8.73 Å². The number of aromatic nitrogens is 3. The molecule has 7 heteroatoms. The summed E-state index contributed by atoms with van der Waals surface area (Å²) < 4.78 is 22.1. The van der Waals surface area contributed by atoms with Crippen LogP contribution in [0.3, 0.4) is 0 Å². The van der Waals surface area contributed by atoms with Crippen LogP contribution in [0.15, 0.2) is 51.9 Å². The van der Waals surface area contributed by atoms with Crippen LogP contribution >= 0.6 is 0 Å². The van der Waals surface area contributed by atoms with Gasteiger partial charge < -0.3 is 9.51 Å². The van der Waals surface area contributed by atoms with Gasteiger partial charge in [0, 0.05) is 18.0 Å². The molecule has 5 rings (SSSR count). The molecule has 160 valence electrons. The van der Waals surface area contributed by atoms with E-state index in [4.69, 9.17) is 9.51 Å². The quantitative estimate of drug-likeness (QED) is 0.448. The number of H-pyrrole nitrogens is 1. The zero-order chi connectivity index (χ0) is 21.4. The number of rotatable bonds is 6. The molecule has 1 atom stereocenters. The number of imidazole rings is 1. The Morgan fingerprint density at radius 3 is 2.65 bits per heavy atom. The lowest BCUT2D eigenvalue weighted by atomic mass is 10.0. The standard InChI is InChI=1S/C24H26N4O2S/c1-15-23(16(2)30-27-15)18-13-20-24(21(14-18)31(29)28-19-10-6-7-11-19)26-22(25-20)12-17-8-4-3-5-9-17/h3-5,8-9,13-14,19,28H,6-7,10-12H2,1-2H3,(H,25,26). The summed E-state index contributed by atoms with van der Waals surface area (Å²) in [5.74, 6) is 1.61. The van der Waals surface area contributed by atoms with Gasteiger partial charge in [-0.25, -0.2) is 13.9 Å². The molecular formula is C24H26N4O2S. The molecule has 1 fully saturated rings. The van der Waals surface area contributed by atoms with Crippen LogP contribution in [-0.2, 0) is 17.4 Å². The number of nitrogens with zero attached hydrogens (tertiary/aromatic N) is 2. The fraction of sp³-hybridized carbons (Fsp3) is 0.333. The Balaban J connectivity index is 1.59. The maximum atomic E-state index is 13.4. The largest absolute Gasteiger partial charge is 0.361 e. The van der Waals surface area contributed by atoms with Crippen molar-refractivity contribution >= 4 is 22.0 Å². The summed E-state index contributed by atoms with van der Waals surface area (Å²) in [6.07, 6.45) is 5.20. The van der Waals surface area contributed by atoms with E-state index in [0.717, 1.165) is 52.3 Å². The van der Waals surface area contributed by atoms with Crippen LogP contribution in [-0.4, -0.2) is 25.4 Å². The predicted molar refractivity (Wildman–Crippen MR) is 122 cm³/mol. The van der Waals surface area contributed by atoms with Crippen LogP contribution in [0, 0.1) is 13.8 Å². The van der Waals surface area contributed by atoms with Gasteiger partial charge in [0.1, 0.15) is 28.1 Å². The van der Waals surface area contributed by atoms with E-state index in [0.29, 0.717) is 17.4 Å². The van der Waals surface area contributed by atoms with E-state index in [-0.39, 0.29) is 0 Å². The first-order valence-corrected chi connectivity index (χ1v) is 11.9. The minimum absolute atomic E-state index is 0.293. The average Bonchev–Trinajstić information content (AvgIpc) is 3.48. The Morgan fingerprint density at radius 2 is 1.94 bits per heavy atom. The van der Waals surface area contributed by atoms with Crippen LogP contribution in [0.5, 0.6) is 0 Å². The molecule has 31 heavy (non-hydrogen) atoms. The number of aryl methyl sites for hydroxylation is 2. The number of hydrogen-bond donors (Lipinski definition) is 2. The van der Waals surface area contributed by atoms with Crippen molar-refractivity contribution in [3.63, 3.8) is 0 Å². The zero-order valence-corrected chi connectivity index (χ0v) is 18.6. The molecule has 2 aromatic carbocycles. The van der Waals surface area contributed by atoms with E-state index in [1.54, 1.807) is 0 Å². The first-order valence-electron chi connectivity index (χ1n) is 10.8. The highest BCUT2D eigenvalue weighted by molar-refractivity contribution is 7.83. The van der Waals surface area contributed by atoms with Gasteiger partial charge in [-0.05, 0) is 49.9 Å². The Hall–Kier alpha value is -2.77. The molecule has 0 saturated heterocycles. The second-order valence-corrected chi connectivity index (χ2v) is 9.50. The summed E-state index contributed by atoms with van der Waals surface area (Å²) in [6, 6.07) is 14.6. The molecular weight excluding hydrogens is 408 g/mol. The van der Waals surface area contributed by atoms with Gasteiger partial charge in [-0.3, -0.25) is 0 Å². The molecule has 1 aliphatic rings. The molecule has 0 aliphatic heterocycles. The first kappa shape index (κ1) is 20.2. The fourth-order valence-corrected chi connectivity index (χ4v) is 5.68. The Labute approximate surface area is 184 Å². The van der Waals surface area contributed by atoms with Gasteiger partial charge in [0.25, 0.3) is 0 Å². The van der Waals surface area contributed by atoms with E-state index in [1.807, 2.05) is 38.1 Å². The first-order chi connectivity index (χ1) is 15.1. The molecule has 0 bridgehead atoms. The van der Waals surface area contributed by atoms with Crippen molar-refractivity contribution in [1.29, 1.82) is 0 Å². The zero-order valence-electron chi connectivity index (χ0n) is 17.8. The predicted octanol–water partition coefficient (Wildman–Crippen LogP) is 4.98. The third-order valence-corrected chi connectivity index (χ3v) is 7.22. The summed E-state index contributed by atoms with van der Waals surface area (Å²) in [4.78, 5) is 9.00. The van der Waals surface area contributed by atoms with Crippen molar-refractivity contribution in [3.8, 4) is 11.1 Å². The highest BCUT2D eigenvalue weighted by atomic mass is 32.2. The Morgan fingerprint density at radius 1 is 1.16 bits per heavy atom. The van der Waals surface area contributed by atoms with E-state index in [1.165, 1.54) is 18.4 Å². The summed E-state index contributed by atoms with van der Waals surface area (Å²) in [7, 11) is -1.35. The highest BCUT2D eigenvalue weighted by Crippen LogP contribution is 2.33. The second-order valence-electron chi connectivity index (χ2n) is 8.28. The van der Waals surface area contributed by atoms with Crippen molar-refractivity contribution in [3.05, 3.63) is 65.3 Å². The molecule has 2 heterocycles. The summed E-state index contributed by atoms with van der Waals surface area (Å²) in [5, 5.41) is 4.10. The van der Waals surface area contributed by atoms with Crippen LogP contribution in [0.1, 0.15) is 48.5 Å². The average molecular weight is 435 g/mol. The van der Waals surface area contributed by atoms with E-state index in [9.17, 15) is 4.21 Å². The van der Waals surface area contributed by atoms with Gasteiger partial charge in [-0.2, -0.15) is 0 Å². The minimum Gasteiger partial charge on any atom is -0.361 e. The lowest BCUT2D eigenvalue weighted by Gasteiger charge is -2.12. The van der Waals surface area contributed by atoms with E-state index < -0.39 is 11.0 Å². The molecule has 0 radical (unpaired) electrons. The van der Waals surface area contributed by atoms with Crippen molar-refractivity contribution in [1.82, 2.24) is 19.8 Å². The molecule has 2 N–H and O–H groups in total. The lowest BCUT2D eigenvalue weighted by molar-refractivity contribution is 0.393. The minimum atomic E-state index is -1.35. The van der Waals surface area contributed by atoms with E-state index in [2.05, 4.69) is 33.1 Å². The number of nitrogens with one attached hydrogen (secondary N) is 2. The van der Waals surface area contributed by atoms with Gasteiger partial charge in [-0.15, -0.1) is 0 Å². The molecule has 4 aromatic rings. The molecule has 0 spiro atoms. The van der Waals surface area contributed by atoms with Gasteiger partial charge in [0.2, 0.25) is 0 Å². The SMILES string of the molecule is Cc1noc(C)c1-c1cc(S(=O)NC2CCCC2)c2nc(Cc3ccccc3)[nH]c2c1. The lowest BCUT2D eigenvalue weighted by Crippen LogP contribution is -2.28. The second kappa shape index (κ2) is 8.40. The summed E-state index contributed by atoms with van der Waals surface area (Å²) >= 11 is 0. The third kappa shape index (κ3) is 4.07. The monoisotopic (exact) mass is 434 g/mol. The normalized spacial score (nSPS) is 15.7.